The van der Waals surface area contributed by atoms with Crippen LogP contribution in [0.3, 0.4) is 0 Å². The first-order chi connectivity index (χ1) is 7.70. The third-order valence-corrected chi connectivity index (χ3v) is 2.84. The summed E-state index contributed by atoms with van der Waals surface area (Å²) < 4.78 is 0. The fourth-order valence-corrected chi connectivity index (χ4v) is 2.03. The fraction of sp³-hybridized carbons (Fsp3) is 0.222. The Labute approximate surface area is 95.9 Å². The molecule has 0 saturated heterocycles. The van der Waals surface area contributed by atoms with Crippen LogP contribution < -0.4 is 16.4 Å². The van der Waals surface area contributed by atoms with Gasteiger partial charge in [-0.3, -0.25) is 4.79 Å². The van der Waals surface area contributed by atoms with Gasteiger partial charge in [-0.25, -0.2) is 4.98 Å². The zero-order valence-electron chi connectivity index (χ0n) is 8.65. The average Bonchev–Trinajstić information content (AvgIpc) is 2.73. The maximum atomic E-state index is 11.1. The number of nitrogens with one attached hydrogen (secondary N) is 2. The summed E-state index contributed by atoms with van der Waals surface area (Å²) in [5.41, 5.74) is 5.57. The van der Waals surface area contributed by atoms with Gasteiger partial charge in [0.25, 0.3) is 0 Å². The quantitative estimate of drug-likeness (QED) is 0.720. The number of hydrogen-bond donors (Lipinski definition) is 3. The number of nitrogen functional groups attached to an aromatic ring is 1. The lowest BCUT2D eigenvalue weighted by atomic mass is 10.4. The van der Waals surface area contributed by atoms with Crippen molar-refractivity contribution in [3.63, 3.8) is 0 Å². The molecule has 0 saturated carbocycles. The van der Waals surface area contributed by atoms with Crippen molar-refractivity contribution in [1.29, 1.82) is 0 Å². The van der Waals surface area contributed by atoms with Crippen molar-refractivity contribution in [2.45, 2.75) is 0 Å². The Morgan fingerprint density at radius 3 is 3.12 bits per heavy atom. The third-order valence-electron chi connectivity index (χ3n) is 2.04. The van der Waals surface area contributed by atoms with E-state index in [-0.39, 0.29) is 18.4 Å². The third kappa shape index (κ3) is 2.03. The van der Waals surface area contributed by atoms with Crippen LogP contribution in [0.1, 0.15) is 0 Å². The topological polar surface area (TPSA) is 92.9 Å². The molecule has 84 valence electrons. The molecule has 0 fully saturated rings. The zero-order chi connectivity index (χ0) is 11.5. The van der Waals surface area contributed by atoms with Crippen molar-refractivity contribution in [3.05, 3.63) is 11.4 Å². The maximum Gasteiger partial charge on any atom is 0.239 e. The highest BCUT2D eigenvalue weighted by atomic mass is 32.1. The second-order valence-electron chi connectivity index (χ2n) is 3.10. The highest BCUT2D eigenvalue weighted by molar-refractivity contribution is 7.16. The molecule has 6 nitrogen and oxygen atoms in total. The normalized spacial score (nSPS) is 10.3. The smallest absolute Gasteiger partial charge is 0.239 e. The van der Waals surface area contributed by atoms with E-state index in [9.17, 15) is 4.79 Å². The Morgan fingerprint density at radius 2 is 2.38 bits per heavy atom. The van der Waals surface area contributed by atoms with Gasteiger partial charge < -0.3 is 16.4 Å². The van der Waals surface area contributed by atoms with Crippen molar-refractivity contribution in [2.24, 2.45) is 0 Å². The van der Waals surface area contributed by atoms with Crippen LogP contribution in [0, 0.1) is 0 Å². The van der Waals surface area contributed by atoms with Crippen LogP contribution in [-0.2, 0) is 4.79 Å². The van der Waals surface area contributed by atoms with Crippen LogP contribution in [0.2, 0.25) is 0 Å². The number of hydrogen-bond acceptors (Lipinski definition) is 6. The molecule has 0 aromatic carbocycles. The molecule has 0 unspecified atom stereocenters. The molecule has 1 amide bonds. The second kappa shape index (κ2) is 4.31. The van der Waals surface area contributed by atoms with E-state index in [1.807, 2.05) is 11.4 Å². The largest absolute Gasteiger partial charge is 0.368 e. The number of amides is 1. The lowest BCUT2D eigenvalue weighted by Gasteiger charge is -2.06. The van der Waals surface area contributed by atoms with E-state index < -0.39 is 0 Å². The average molecular weight is 237 g/mol. The van der Waals surface area contributed by atoms with Crippen LogP contribution in [-0.4, -0.2) is 29.5 Å². The minimum atomic E-state index is -0.111. The Bertz CT molecular complexity index is 524. The number of rotatable bonds is 3. The molecule has 2 aromatic rings. The standard InChI is InChI=1S/C9H11N5OS/c1-11-6(15)4-12-7-5-2-3-16-8(5)14-9(10)13-7/h2-3H,4H2,1H3,(H,11,15)(H3,10,12,13,14). The van der Waals surface area contributed by atoms with Gasteiger partial charge in [-0.2, -0.15) is 4.98 Å². The summed E-state index contributed by atoms with van der Waals surface area (Å²) in [5.74, 6) is 0.683. The molecule has 16 heavy (non-hydrogen) atoms. The van der Waals surface area contributed by atoms with E-state index in [1.165, 1.54) is 11.3 Å². The molecule has 0 aliphatic carbocycles. The van der Waals surface area contributed by atoms with E-state index in [1.54, 1.807) is 7.05 Å². The van der Waals surface area contributed by atoms with E-state index in [0.29, 0.717) is 5.82 Å². The summed E-state index contributed by atoms with van der Waals surface area (Å²) in [6.07, 6.45) is 0. The van der Waals surface area contributed by atoms with E-state index in [2.05, 4.69) is 20.6 Å². The van der Waals surface area contributed by atoms with Crippen molar-refractivity contribution < 1.29 is 4.79 Å². The Kier molecular flexibility index (Phi) is 2.86. The molecule has 0 atom stereocenters. The molecular weight excluding hydrogens is 226 g/mol. The number of nitrogens with two attached hydrogens (primary N) is 1. The van der Waals surface area contributed by atoms with Gasteiger partial charge in [0.15, 0.2) is 0 Å². The molecule has 7 heteroatoms. The SMILES string of the molecule is CNC(=O)CNc1nc(N)nc2sccc12. The van der Waals surface area contributed by atoms with Crippen molar-refractivity contribution in [3.8, 4) is 0 Å². The maximum absolute atomic E-state index is 11.1. The number of thiophene rings is 1. The molecule has 2 rings (SSSR count). The number of carbonyl (C=O) groups excluding carboxylic acids is 1. The molecule has 4 N–H and O–H groups in total. The first kappa shape index (κ1) is 10.6. The van der Waals surface area contributed by atoms with E-state index in [0.717, 1.165) is 10.2 Å². The summed E-state index contributed by atoms with van der Waals surface area (Å²) in [5, 5.41) is 8.23. The summed E-state index contributed by atoms with van der Waals surface area (Å²) in [6, 6.07) is 1.89. The van der Waals surface area contributed by atoms with Crippen molar-refractivity contribution in [1.82, 2.24) is 15.3 Å². The predicted octanol–water partition coefficient (Wildman–Crippen LogP) is 0.431. The highest BCUT2D eigenvalue weighted by Gasteiger charge is 2.07. The molecule has 0 bridgehead atoms. The number of likely N-dealkylation sites (N-methyl/N-ethyl adjacent to an activating group) is 1. The van der Waals surface area contributed by atoms with Gasteiger partial charge in [0, 0.05) is 7.05 Å². The number of anilines is 2. The van der Waals surface area contributed by atoms with Crippen LogP contribution in [0.25, 0.3) is 10.2 Å². The molecular formula is C9H11N5OS. The zero-order valence-corrected chi connectivity index (χ0v) is 9.47. The minimum Gasteiger partial charge on any atom is -0.368 e. The van der Waals surface area contributed by atoms with Crippen LogP contribution in [0.4, 0.5) is 11.8 Å². The summed E-state index contributed by atoms with van der Waals surface area (Å²) in [6.45, 7) is 0.165. The first-order valence-electron chi connectivity index (χ1n) is 4.66. The Morgan fingerprint density at radius 1 is 1.56 bits per heavy atom. The van der Waals surface area contributed by atoms with Crippen LogP contribution >= 0.6 is 11.3 Å². The summed E-state index contributed by atoms with van der Waals surface area (Å²) in [4.78, 5) is 20.1. The van der Waals surface area contributed by atoms with Crippen LogP contribution in [0.15, 0.2) is 11.4 Å². The monoisotopic (exact) mass is 237 g/mol. The van der Waals surface area contributed by atoms with Gasteiger partial charge in [-0.05, 0) is 11.4 Å². The number of nitrogens with zero attached hydrogens (tertiary/aromatic N) is 2. The number of fused-ring (bicyclic) bond motifs is 1. The molecule has 2 heterocycles. The molecule has 2 aromatic heterocycles. The lowest BCUT2D eigenvalue weighted by molar-refractivity contribution is -0.118. The number of aromatic nitrogens is 2. The van der Waals surface area contributed by atoms with Crippen molar-refractivity contribution in [2.75, 3.05) is 24.6 Å². The van der Waals surface area contributed by atoms with Gasteiger partial charge in [0.05, 0.1) is 11.9 Å². The van der Waals surface area contributed by atoms with Crippen molar-refractivity contribution >= 4 is 39.2 Å². The predicted molar refractivity (Wildman–Crippen MR) is 64.4 cm³/mol. The lowest BCUT2D eigenvalue weighted by Crippen LogP contribution is -2.26. The second-order valence-corrected chi connectivity index (χ2v) is 3.99. The van der Waals surface area contributed by atoms with Gasteiger partial charge in [0.1, 0.15) is 10.6 Å². The fourth-order valence-electron chi connectivity index (χ4n) is 1.26. The molecule has 0 spiro atoms. The highest BCUT2D eigenvalue weighted by Crippen LogP contribution is 2.25. The first-order valence-corrected chi connectivity index (χ1v) is 5.54. The van der Waals surface area contributed by atoms with Gasteiger partial charge >= 0.3 is 0 Å². The van der Waals surface area contributed by atoms with Gasteiger partial charge in [-0.1, -0.05) is 0 Å². The van der Waals surface area contributed by atoms with Crippen LogP contribution in [0.5, 0.6) is 0 Å². The van der Waals surface area contributed by atoms with E-state index >= 15 is 0 Å². The molecule has 0 aliphatic rings. The summed E-state index contributed by atoms with van der Waals surface area (Å²) >= 11 is 1.48. The molecule has 0 radical (unpaired) electrons. The summed E-state index contributed by atoms with van der Waals surface area (Å²) in [7, 11) is 1.58. The van der Waals surface area contributed by atoms with E-state index in [4.69, 9.17) is 5.73 Å². The number of carbonyl (C=O) groups is 1. The van der Waals surface area contributed by atoms with Gasteiger partial charge in [0.2, 0.25) is 11.9 Å². The Hall–Kier alpha value is -1.89. The molecule has 0 aliphatic heterocycles. The minimum absolute atomic E-state index is 0.111. The Balaban J connectivity index is 2.28. The van der Waals surface area contributed by atoms with Gasteiger partial charge in [-0.15, -0.1) is 11.3 Å².